The third kappa shape index (κ3) is 4.31. The number of aryl methyl sites for hydroxylation is 1. The van der Waals surface area contributed by atoms with Crippen LogP contribution in [0.2, 0.25) is 0 Å². The summed E-state index contributed by atoms with van der Waals surface area (Å²) in [5.41, 5.74) is 0.203. The minimum atomic E-state index is -4.56. The van der Waals surface area contributed by atoms with Crippen LogP contribution in [0, 0.1) is 6.92 Å². The molecule has 1 aliphatic rings. The molecule has 0 aromatic carbocycles. The van der Waals surface area contributed by atoms with Gasteiger partial charge in [0.2, 0.25) is 5.95 Å². The monoisotopic (exact) mass is 404 g/mol. The molecule has 0 unspecified atom stereocenters. The van der Waals surface area contributed by atoms with Gasteiger partial charge in [-0.25, -0.2) is 13.4 Å². The van der Waals surface area contributed by atoms with Gasteiger partial charge in [0.25, 0.3) is 0 Å². The van der Waals surface area contributed by atoms with E-state index in [4.69, 9.17) is 0 Å². The lowest BCUT2D eigenvalue weighted by Gasteiger charge is -2.22. The lowest BCUT2D eigenvalue weighted by molar-refractivity contribution is -0.137. The van der Waals surface area contributed by atoms with Crippen LogP contribution in [0.4, 0.5) is 30.6 Å². The van der Waals surface area contributed by atoms with E-state index in [2.05, 4.69) is 25.7 Å². The first-order valence-corrected chi connectivity index (χ1v) is 10.1. The highest BCUT2D eigenvalue weighted by molar-refractivity contribution is 7.91. The number of halogens is 3. The van der Waals surface area contributed by atoms with Gasteiger partial charge in [0.15, 0.2) is 0 Å². The van der Waals surface area contributed by atoms with Crippen molar-refractivity contribution < 1.29 is 21.6 Å². The number of nitrogens with zero attached hydrogens (tertiary/aromatic N) is 4. The quantitative estimate of drug-likeness (QED) is 0.807. The molecule has 0 saturated carbocycles. The van der Waals surface area contributed by atoms with Crippen LogP contribution < -0.4 is 10.6 Å². The van der Waals surface area contributed by atoms with E-state index >= 15 is 0 Å². The molecule has 2 N–H and O–H groups in total. The Bertz CT molecular complexity index is 928. The molecule has 148 valence electrons. The van der Waals surface area contributed by atoms with Crippen molar-refractivity contribution in [2.75, 3.05) is 29.2 Å². The first kappa shape index (κ1) is 19.4. The minimum absolute atomic E-state index is 0.00113. The molecular formula is C15H19F3N6O2S. The Balaban J connectivity index is 1.80. The van der Waals surface area contributed by atoms with Crippen molar-refractivity contribution in [3.63, 3.8) is 0 Å². The van der Waals surface area contributed by atoms with Gasteiger partial charge in [-0.15, -0.1) is 0 Å². The largest absolute Gasteiger partial charge is 0.421 e. The Hall–Kier alpha value is -2.37. The van der Waals surface area contributed by atoms with Crippen LogP contribution in [0.1, 0.15) is 30.1 Å². The van der Waals surface area contributed by atoms with E-state index in [1.165, 1.54) is 7.05 Å². The maximum absolute atomic E-state index is 12.9. The van der Waals surface area contributed by atoms with E-state index in [0.717, 1.165) is 0 Å². The maximum atomic E-state index is 12.9. The Morgan fingerprint density at radius 3 is 2.52 bits per heavy atom. The molecule has 0 atom stereocenters. The molecule has 0 bridgehead atoms. The van der Waals surface area contributed by atoms with Crippen LogP contribution in [-0.2, 0) is 16.0 Å². The van der Waals surface area contributed by atoms with Crippen molar-refractivity contribution in [2.24, 2.45) is 0 Å². The summed E-state index contributed by atoms with van der Waals surface area (Å²) >= 11 is 0. The average Bonchev–Trinajstić information content (AvgIpc) is 2.94. The lowest BCUT2D eigenvalue weighted by atomic mass is 10.2. The summed E-state index contributed by atoms with van der Waals surface area (Å²) in [4.78, 5) is 7.60. The third-order valence-electron chi connectivity index (χ3n) is 4.39. The van der Waals surface area contributed by atoms with E-state index in [9.17, 15) is 21.6 Å². The average molecular weight is 404 g/mol. The minimum Gasteiger partial charge on any atom is -0.372 e. The second-order valence-electron chi connectivity index (χ2n) is 6.32. The number of sulfone groups is 1. The zero-order valence-corrected chi connectivity index (χ0v) is 15.5. The number of alkyl halides is 3. The molecule has 3 rings (SSSR count). The van der Waals surface area contributed by atoms with E-state index < -0.39 is 21.6 Å². The lowest BCUT2D eigenvalue weighted by Crippen LogP contribution is -2.25. The summed E-state index contributed by atoms with van der Waals surface area (Å²) < 4.78 is 63.6. The highest BCUT2D eigenvalue weighted by Gasteiger charge is 2.35. The van der Waals surface area contributed by atoms with Crippen LogP contribution in [-0.4, -0.2) is 46.7 Å². The van der Waals surface area contributed by atoms with E-state index in [1.807, 2.05) is 0 Å². The van der Waals surface area contributed by atoms with Crippen molar-refractivity contribution in [1.29, 1.82) is 0 Å². The Kier molecular flexibility index (Phi) is 5.02. The number of hydrogen-bond acceptors (Lipinski definition) is 7. The fourth-order valence-corrected chi connectivity index (χ4v) is 4.36. The Morgan fingerprint density at radius 2 is 1.93 bits per heavy atom. The molecule has 2 aromatic heterocycles. The molecule has 27 heavy (non-hydrogen) atoms. The fraction of sp³-hybridized carbons (Fsp3) is 0.533. The van der Waals surface area contributed by atoms with Crippen LogP contribution in [0.3, 0.4) is 0 Å². The molecule has 8 nitrogen and oxygen atoms in total. The molecule has 1 saturated heterocycles. The van der Waals surface area contributed by atoms with Crippen molar-refractivity contribution in [1.82, 2.24) is 19.7 Å². The summed E-state index contributed by atoms with van der Waals surface area (Å²) in [6, 6.07) is -0.0378. The number of hydrogen-bond donors (Lipinski definition) is 2. The Morgan fingerprint density at radius 1 is 1.26 bits per heavy atom. The SMILES string of the molecule is CNc1nc(Nc2cn(C3CCS(=O)(=O)CC3)nc2C)ncc1C(F)(F)F. The zero-order chi connectivity index (χ0) is 19.8. The van der Waals surface area contributed by atoms with Crippen LogP contribution in [0.15, 0.2) is 12.4 Å². The summed E-state index contributed by atoms with van der Waals surface area (Å²) in [6.45, 7) is 1.74. The molecule has 0 spiro atoms. The molecule has 1 aliphatic heterocycles. The van der Waals surface area contributed by atoms with Crippen LogP contribution >= 0.6 is 0 Å². The summed E-state index contributed by atoms with van der Waals surface area (Å²) in [7, 11) is -1.63. The second-order valence-corrected chi connectivity index (χ2v) is 8.62. The predicted molar refractivity (Wildman–Crippen MR) is 93.8 cm³/mol. The molecule has 3 heterocycles. The molecule has 0 radical (unpaired) electrons. The number of rotatable bonds is 4. The molecule has 12 heteroatoms. The zero-order valence-electron chi connectivity index (χ0n) is 14.7. The van der Waals surface area contributed by atoms with Crippen molar-refractivity contribution in [2.45, 2.75) is 32.0 Å². The standard InChI is InChI=1S/C15H19F3N6O2S/c1-9-12(8-24(23-9)10-3-5-27(25,26)6-4-10)21-14-20-7-11(15(16,17)18)13(19-2)22-14/h7-8,10H,3-6H2,1-2H3,(H2,19,20,21,22). The number of aromatic nitrogens is 4. The smallest absolute Gasteiger partial charge is 0.372 e. The van der Waals surface area contributed by atoms with Gasteiger partial charge >= 0.3 is 6.18 Å². The Labute approximate surface area is 154 Å². The molecule has 1 fully saturated rings. The molecule has 0 amide bonds. The summed E-state index contributed by atoms with van der Waals surface area (Å²) in [5, 5.41) is 9.67. The predicted octanol–water partition coefficient (Wildman–Crippen LogP) is 2.54. The van der Waals surface area contributed by atoms with Gasteiger partial charge in [0.05, 0.1) is 28.9 Å². The fourth-order valence-electron chi connectivity index (χ4n) is 2.89. The molecule has 2 aromatic rings. The van der Waals surface area contributed by atoms with Gasteiger partial charge in [-0.3, -0.25) is 4.68 Å². The van der Waals surface area contributed by atoms with Crippen molar-refractivity contribution >= 4 is 27.3 Å². The van der Waals surface area contributed by atoms with E-state index in [-0.39, 0.29) is 29.3 Å². The molecular weight excluding hydrogens is 385 g/mol. The topological polar surface area (TPSA) is 102 Å². The highest BCUT2D eigenvalue weighted by atomic mass is 32.2. The van der Waals surface area contributed by atoms with Gasteiger partial charge in [-0.2, -0.15) is 23.3 Å². The maximum Gasteiger partial charge on any atom is 0.421 e. The van der Waals surface area contributed by atoms with Gasteiger partial charge in [-0.05, 0) is 19.8 Å². The van der Waals surface area contributed by atoms with Crippen molar-refractivity contribution in [3.05, 3.63) is 23.7 Å². The van der Waals surface area contributed by atoms with Gasteiger partial charge in [0.1, 0.15) is 21.2 Å². The molecule has 0 aliphatic carbocycles. The second kappa shape index (κ2) is 6.98. The van der Waals surface area contributed by atoms with Crippen molar-refractivity contribution in [3.8, 4) is 0 Å². The third-order valence-corrected chi connectivity index (χ3v) is 6.11. The van der Waals surface area contributed by atoms with E-state index in [0.29, 0.717) is 30.4 Å². The first-order chi connectivity index (χ1) is 12.6. The highest BCUT2D eigenvalue weighted by Crippen LogP contribution is 2.34. The first-order valence-electron chi connectivity index (χ1n) is 8.24. The van der Waals surface area contributed by atoms with Crippen LogP contribution in [0.5, 0.6) is 0 Å². The van der Waals surface area contributed by atoms with Crippen LogP contribution in [0.25, 0.3) is 0 Å². The summed E-state index contributed by atoms with van der Waals surface area (Å²) in [5.74, 6) is -0.0940. The van der Waals surface area contributed by atoms with Gasteiger partial charge in [0, 0.05) is 19.4 Å². The van der Waals surface area contributed by atoms with Gasteiger partial charge < -0.3 is 10.6 Å². The normalized spacial score (nSPS) is 17.7. The number of anilines is 3. The van der Waals surface area contributed by atoms with Gasteiger partial charge in [-0.1, -0.05) is 0 Å². The van der Waals surface area contributed by atoms with E-state index in [1.54, 1.807) is 17.8 Å². The summed E-state index contributed by atoms with van der Waals surface area (Å²) in [6.07, 6.45) is -1.20. The number of nitrogens with one attached hydrogen (secondary N) is 2.